The molecule has 1 aliphatic rings. The Hall–Kier alpha value is -2.16. The molecule has 1 aromatic rings. The highest BCUT2D eigenvalue weighted by atomic mass is 16.5. The molecule has 0 atom stereocenters. The molecular weight excluding hydrogens is 262 g/mol. The number of amides is 1. The van der Waals surface area contributed by atoms with Crippen molar-refractivity contribution in [3.8, 4) is 0 Å². The maximum Gasteiger partial charge on any atom is 0.243 e. The first-order valence-corrected chi connectivity index (χ1v) is 6.51. The molecule has 20 heavy (non-hydrogen) atoms. The van der Waals surface area contributed by atoms with Crippen LogP contribution in [0.3, 0.4) is 0 Å². The Morgan fingerprint density at radius 2 is 2.05 bits per heavy atom. The number of nitrogens with zero attached hydrogens (tertiary/aromatic N) is 4. The van der Waals surface area contributed by atoms with Crippen molar-refractivity contribution < 1.29 is 9.53 Å². The van der Waals surface area contributed by atoms with Gasteiger partial charge < -0.3 is 26.4 Å². The van der Waals surface area contributed by atoms with Crippen molar-refractivity contribution in [2.24, 2.45) is 5.73 Å². The lowest BCUT2D eigenvalue weighted by atomic mass is 10.4. The number of anilines is 3. The molecule has 9 heteroatoms. The van der Waals surface area contributed by atoms with Crippen molar-refractivity contribution >= 4 is 23.8 Å². The standard InChI is InChI=1S/C11H19N7O2/c12-8(19)7-20-6-3-14-10-15-9(13)16-11(17-10)18-4-1-2-5-18/h1-7H2,(H2,12,19)(H3,13,14,15,16,17). The summed E-state index contributed by atoms with van der Waals surface area (Å²) in [7, 11) is 0. The third-order valence-corrected chi connectivity index (χ3v) is 2.80. The highest BCUT2D eigenvalue weighted by Gasteiger charge is 2.16. The second-order valence-electron chi connectivity index (χ2n) is 4.46. The molecule has 0 aliphatic carbocycles. The smallest absolute Gasteiger partial charge is 0.243 e. The van der Waals surface area contributed by atoms with Crippen LogP contribution in [0.5, 0.6) is 0 Å². The van der Waals surface area contributed by atoms with Gasteiger partial charge in [0.1, 0.15) is 6.61 Å². The van der Waals surface area contributed by atoms with Crippen LogP contribution in [0, 0.1) is 0 Å². The van der Waals surface area contributed by atoms with Crippen LogP contribution in [0.1, 0.15) is 12.8 Å². The van der Waals surface area contributed by atoms with Crippen LogP contribution in [-0.2, 0) is 9.53 Å². The van der Waals surface area contributed by atoms with E-state index in [-0.39, 0.29) is 12.6 Å². The summed E-state index contributed by atoms with van der Waals surface area (Å²) in [6, 6.07) is 0. The number of aromatic nitrogens is 3. The number of ether oxygens (including phenoxy) is 1. The van der Waals surface area contributed by atoms with Gasteiger partial charge in [-0.25, -0.2) is 0 Å². The van der Waals surface area contributed by atoms with Gasteiger partial charge in [-0.15, -0.1) is 0 Å². The van der Waals surface area contributed by atoms with Crippen molar-refractivity contribution in [2.75, 3.05) is 48.8 Å². The Morgan fingerprint density at radius 1 is 1.30 bits per heavy atom. The van der Waals surface area contributed by atoms with Crippen molar-refractivity contribution in [3.63, 3.8) is 0 Å². The van der Waals surface area contributed by atoms with Gasteiger partial charge in [-0.2, -0.15) is 15.0 Å². The molecule has 0 aromatic carbocycles. The molecule has 2 heterocycles. The summed E-state index contributed by atoms with van der Waals surface area (Å²) in [5.74, 6) is 0.686. The van der Waals surface area contributed by atoms with E-state index in [1.54, 1.807) is 0 Å². The van der Waals surface area contributed by atoms with Gasteiger partial charge in [0.2, 0.25) is 23.8 Å². The Labute approximate surface area is 116 Å². The molecule has 2 rings (SSSR count). The zero-order chi connectivity index (χ0) is 14.4. The molecule has 0 bridgehead atoms. The molecule has 0 spiro atoms. The van der Waals surface area contributed by atoms with Gasteiger partial charge in [-0.3, -0.25) is 4.79 Å². The summed E-state index contributed by atoms with van der Waals surface area (Å²) >= 11 is 0. The average Bonchev–Trinajstić information content (AvgIpc) is 2.91. The van der Waals surface area contributed by atoms with Crippen LogP contribution in [0.25, 0.3) is 0 Å². The van der Waals surface area contributed by atoms with Crippen molar-refractivity contribution in [2.45, 2.75) is 12.8 Å². The number of nitrogen functional groups attached to an aromatic ring is 1. The minimum Gasteiger partial charge on any atom is -0.370 e. The summed E-state index contributed by atoms with van der Waals surface area (Å²) in [6.45, 7) is 2.55. The topological polar surface area (TPSA) is 132 Å². The number of hydrogen-bond donors (Lipinski definition) is 3. The van der Waals surface area contributed by atoms with E-state index in [2.05, 4.69) is 25.2 Å². The Morgan fingerprint density at radius 3 is 2.75 bits per heavy atom. The Bertz CT molecular complexity index is 462. The SMILES string of the molecule is NC(=O)COCCNc1nc(N)nc(N2CCCC2)n1. The summed E-state index contributed by atoms with van der Waals surface area (Å²) in [5, 5.41) is 2.98. The predicted molar refractivity (Wildman–Crippen MR) is 74.2 cm³/mol. The first-order chi connectivity index (χ1) is 9.65. The molecule has 0 unspecified atom stereocenters. The molecule has 1 saturated heterocycles. The van der Waals surface area contributed by atoms with Crippen molar-refractivity contribution in [1.82, 2.24) is 15.0 Å². The number of hydrogen-bond acceptors (Lipinski definition) is 8. The maximum absolute atomic E-state index is 10.5. The van der Waals surface area contributed by atoms with Gasteiger partial charge in [-0.05, 0) is 12.8 Å². The van der Waals surface area contributed by atoms with E-state index >= 15 is 0 Å². The molecule has 1 aliphatic heterocycles. The van der Waals surface area contributed by atoms with Gasteiger partial charge in [0, 0.05) is 19.6 Å². The van der Waals surface area contributed by atoms with Crippen molar-refractivity contribution in [3.05, 3.63) is 0 Å². The third kappa shape index (κ3) is 4.19. The van der Waals surface area contributed by atoms with E-state index < -0.39 is 5.91 Å². The summed E-state index contributed by atoms with van der Waals surface area (Å²) in [6.07, 6.45) is 2.27. The monoisotopic (exact) mass is 281 g/mol. The lowest BCUT2D eigenvalue weighted by Crippen LogP contribution is -2.23. The van der Waals surface area contributed by atoms with E-state index in [4.69, 9.17) is 16.2 Å². The molecular formula is C11H19N7O2. The van der Waals surface area contributed by atoms with Gasteiger partial charge in [-0.1, -0.05) is 0 Å². The number of nitrogens with one attached hydrogen (secondary N) is 1. The number of nitrogens with two attached hydrogens (primary N) is 2. The molecule has 1 fully saturated rings. The van der Waals surface area contributed by atoms with Crippen LogP contribution in [-0.4, -0.2) is 53.7 Å². The van der Waals surface area contributed by atoms with Gasteiger partial charge in [0.15, 0.2) is 0 Å². The summed E-state index contributed by atoms with van der Waals surface area (Å²) < 4.78 is 5.03. The molecule has 0 saturated carbocycles. The number of carbonyl (C=O) groups is 1. The Kier molecular flexibility index (Phi) is 4.88. The van der Waals surface area contributed by atoms with E-state index in [1.165, 1.54) is 0 Å². The van der Waals surface area contributed by atoms with Crippen LogP contribution >= 0.6 is 0 Å². The highest BCUT2D eigenvalue weighted by Crippen LogP contribution is 2.17. The quantitative estimate of drug-likeness (QED) is 0.540. The van der Waals surface area contributed by atoms with Gasteiger partial charge in [0.05, 0.1) is 6.61 Å². The zero-order valence-corrected chi connectivity index (χ0v) is 11.2. The minimum atomic E-state index is -0.495. The lowest BCUT2D eigenvalue weighted by Gasteiger charge is -2.16. The van der Waals surface area contributed by atoms with E-state index in [1.807, 2.05) is 0 Å². The highest BCUT2D eigenvalue weighted by molar-refractivity contribution is 5.74. The fourth-order valence-electron chi connectivity index (χ4n) is 1.93. The average molecular weight is 281 g/mol. The lowest BCUT2D eigenvalue weighted by molar-refractivity contribution is -0.122. The second-order valence-corrected chi connectivity index (χ2v) is 4.46. The molecule has 5 N–H and O–H groups in total. The largest absolute Gasteiger partial charge is 0.370 e. The Balaban J connectivity index is 1.86. The van der Waals surface area contributed by atoms with E-state index in [0.29, 0.717) is 25.0 Å². The molecule has 110 valence electrons. The maximum atomic E-state index is 10.5. The van der Waals surface area contributed by atoms with Crippen LogP contribution in [0.2, 0.25) is 0 Å². The van der Waals surface area contributed by atoms with E-state index in [9.17, 15) is 4.79 Å². The first kappa shape index (κ1) is 14.3. The molecule has 0 radical (unpaired) electrons. The fraction of sp³-hybridized carbons (Fsp3) is 0.636. The number of carbonyl (C=O) groups excluding carboxylic acids is 1. The predicted octanol–water partition coefficient (Wildman–Crippen LogP) is -1.03. The van der Waals surface area contributed by atoms with Gasteiger partial charge in [0.25, 0.3) is 0 Å². The minimum absolute atomic E-state index is 0.0972. The third-order valence-electron chi connectivity index (χ3n) is 2.80. The zero-order valence-electron chi connectivity index (χ0n) is 11.2. The normalized spacial score (nSPS) is 14.5. The van der Waals surface area contributed by atoms with Crippen LogP contribution in [0.4, 0.5) is 17.8 Å². The summed E-state index contributed by atoms with van der Waals surface area (Å²) in [5.41, 5.74) is 10.6. The van der Waals surface area contributed by atoms with Crippen LogP contribution < -0.4 is 21.7 Å². The number of rotatable bonds is 7. The van der Waals surface area contributed by atoms with Crippen LogP contribution in [0.15, 0.2) is 0 Å². The molecule has 1 amide bonds. The second kappa shape index (κ2) is 6.85. The van der Waals surface area contributed by atoms with Crippen molar-refractivity contribution in [1.29, 1.82) is 0 Å². The summed E-state index contributed by atoms with van der Waals surface area (Å²) in [4.78, 5) is 25.0. The fourth-order valence-corrected chi connectivity index (χ4v) is 1.93. The number of primary amides is 1. The van der Waals surface area contributed by atoms with E-state index in [0.717, 1.165) is 25.9 Å². The molecule has 9 nitrogen and oxygen atoms in total. The van der Waals surface area contributed by atoms with Gasteiger partial charge >= 0.3 is 0 Å². The first-order valence-electron chi connectivity index (χ1n) is 6.51. The molecule has 1 aromatic heterocycles.